The van der Waals surface area contributed by atoms with Crippen molar-refractivity contribution >= 4 is 47.3 Å². The quantitative estimate of drug-likeness (QED) is 0.526. The fourth-order valence-electron chi connectivity index (χ4n) is 2.95. The van der Waals surface area contributed by atoms with Crippen LogP contribution in [0.25, 0.3) is 10.2 Å². The number of carbonyl (C=O) groups excluding carboxylic acids is 1. The number of terminal acetylenes is 1. The number of hydrogen-bond donors (Lipinski definition) is 1. The molecule has 1 aromatic heterocycles. The maximum absolute atomic E-state index is 12.6. The minimum Gasteiger partial charge on any atom is -0.305 e. The summed E-state index contributed by atoms with van der Waals surface area (Å²) in [6.45, 7) is 3.35. The summed E-state index contributed by atoms with van der Waals surface area (Å²) < 4.78 is 49.9. The van der Waals surface area contributed by atoms with Gasteiger partial charge in [-0.05, 0) is 49.7 Å². The summed E-state index contributed by atoms with van der Waals surface area (Å²) in [5.41, 5.74) is 1.25. The zero-order chi connectivity index (χ0) is 23.7. The molecule has 0 fully saturated rings. The summed E-state index contributed by atoms with van der Waals surface area (Å²) in [6, 6.07) is 10.5. The van der Waals surface area contributed by atoms with Gasteiger partial charge in [0.05, 0.1) is 38.2 Å². The van der Waals surface area contributed by atoms with Crippen LogP contribution in [-0.4, -0.2) is 32.6 Å². The molecule has 1 amide bonds. The zero-order valence-electron chi connectivity index (χ0n) is 17.3. The number of sulfone groups is 1. The summed E-state index contributed by atoms with van der Waals surface area (Å²) in [5.74, 6) is 2.05. The predicted molar refractivity (Wildman–Crippen MR) is 123 cm³/mol. The van der Waals surface area contributed by atoms with Crippen LogP contribution < -0.4 is 9.94 Å². The number of hydrogen-bond acceptors (Lipinski definition) is 6. The number of rotatable bonds is 6. The van der Waals surface area contributed by atoms with Crippen LogP contribution >= 0.6 is 11.3 Å². The van der Waals surface area contributed by atoms with Crippen LogP contribution in [0.3, 0.4) is 0 Å². The second kappa shape index (κ2) is 8.99. The number of primary sulfonamides is 1. The van der Waals surface area contributed by atoms with Gasteiger partial charge in [0.15, 0.2) is 14.6 Å². The third kappa shape index (κ3) is 4.99. The van der Waals surface area contributed by atoms with Crippen molar-refractivity contribution in [2.75, 3.05) is 0 Å². The highest BCUT2D eigenvalue weighted by Gasteiger charge is 2.19. The molecule has 11 heteroatoms. The molecule has 1 heterocycles. The van der Waals surface area contributed by atoms with Crippen LogP contribution in [0.2, 0.25) is 0 Å². The number of carbonyl (C=O) groups is 1. The van der Waals surface area contributed by atoms with Crippen molar-refractivity contribution in [1.82, 2.24) is 4.57 Å². The zero-order valence-corrected chi connectivity index (χ0v) is 19.8. The lowest BCUT2D eigenvalue weighted by molar-refractivity contribution is -0.117. The van der Waals surface area contributed by atoms with Crippen molar-refractivity contribution in [3.63, 3.8) is 0 Å². The number of amides is 1. The molecule has 3 rings (SSSR count). The molecule has 2 N–H and O–H groups in total. The van der Waals surface area contributed by atoms with Crippen LogP contribution in [-0.2, 0) is 37.6 Å². The predicted octanol–water partition coefficient (Wildman–Crippen LogP) is 1.84. The van der Waals surface area contributed by atoms with Crippen molar-refractivity contribution in [2.24, 2.45) is 10.1 Å². The normalized spacial score (nSPS) is 12.9. The van der Waals surface area contributed by atoms with Crippen LogP contribution in [0, 0.1) is 12.3 Å². The van der Waals surface area contributed by atoms with E-state index in [9.17, 15) is 21.6 Å². The SMILES string of the molecule is C#CCn1c(=NC(=O)Cc2ccc(S(=O)(=O)C(C)C)cc2)sc2cc(S(N)(=O)=O)ccc21. The van der Waals surface area contributed by atoms with E-state index in [1.54, 1.807) is 36.6 Å². The molecule has 168 valence electrons. The van der Waals surface area contributed by atoms with Crippen LogP contribution in [0.4, 0.5) is 0 Å². The van der Waals surface area contributed by atoms with Crippen molar-refractivity contribution in [1.29, 1.82) is 0 Å². The minimum absolute atomic E-state index is 0.0330. The van der Waals surface area contributed by atoms with E-state index in [-0.39, 0.29) is 22.8 Å². The number of fused-ring (bicyclic) bond motifs is 1. The van der Waals surface area contributed by atoms with E-state index in [0.717, 1.165) is 11.3 Å². The largest absolute Gasteiger partial charge is 0.305 e. The topological polar surface area (TPSA) is 129 Å². The Kier molecular flexibility index (Phi) is 6.71. The number of thiazole rings is 1. The molecule has 0 saturated heterocycles. The Balaban J connectivity index is 1.95. The van der Waals surface area contributed by atoms with E-state index in [4.69, 9.17) is 11.6 Å². The lowest BCUT2D eigenvalue weighted by atomic mass is 10.1. The first kappa shape index (κ1) is 23.9. The number of nitrogens with two attached hydrogens (primary N) is 1. The Morgan fingerprint density at radius 2 is 1.75 bits per heavy atom. The summed E-state index contributed by atoms with van der Waals surface area (Å²) in [7, 11) is -7.27. The summed E-state index contributed by atoms with van der Waals surface area (Å²) in [4.78, 5) is 17.2. The number of benzene rings is 2. The van der Waals surface area contributed by atoms with Crippen molar-refractivity contribution < 1.29 is 21.6 Å². The molecular weight excluding hydrogens is 470 g/mol. The first-order chi connectivity index (χ1) is 14.9. The highest BCUT2D eigenvalue weighted by atomic mass is 32.2. The van der Waals surface area contributed by atoms with Crippen molar-refractivity contribution in [3.05, 3.63) is 52.8 Å². The van der Waals surface area contributed by atoms with E-state index in [1.807, 2.05) is 0 Å². The van der Waals surface area contributed by atoms with Gasteiger partial charge >= 0.3 is 0 Å². The Hall–Kier alpha value is -2.78. The van der Waals surface area contributed by atoms with E-state index in [0.29, 0.717) is 20.6 Å². The number of aromatic nitrogens is 1. The molecule has 0 aliphatic rings. The Labute approximate surface area is 190 Å². The molecule has 0 aliphatic carbocycles. The molecule has 3 aromatic rings. The summed E-state index contributed by atoms with van der Waals surface area (Å²) >= 11 is 1.12. The minimum atomic E-state index is -3.88. The van der Waals surface area contributed by atoms with E-state index < -0.39 is 31.0 Å². The monoisotopic (exact) mass is 491 g/mol. The van der Waals surface area contributed by atoms with Crippen molar-refractivity contribution in [3.8, 4) is 12.3 Å². The van der Waals surface area contributed by atoms with Crippen LogP contribution in [0.5, 0.6) is 0 Å². The standard InChI is InChI=1S/C21H21N3O5S3/c1-4-11-24-18-10-9-17(32(22,28)29)13-19(18)30-21(24)23-20(25)12-15-5-7-16(8-6-15)31(26,27)14(2)3/h1,5-10,13-14H,11-12H2,2-3H3,(H2,22,28,29). The molecule has 0 atom stereocenters. The maximum Gasteiger partial charge on any atom is 0.252 e. The lowest BCUT2D eigenvalue weighted by Crippen LogP contribution is -2.17. The first-order valence-corrected chi connectivity index (χ1v) is 13.3. The van der Waals surface area contributed by atoms with Gasteiger partial charge < -0.3 is 4.57 Å². The van der Waals surface area contributed by atoms with Gasteiger partial charge in [0, 0.05) is 0 Å². The van der Waals surface area contributed by atoms with Crippen LogP contribution in [0.15, 0.2) is 57.2 Å². The third-order valence-electron chi connectivity index (χ3n) is 4.68. The van der Waals surface area contributed by atoms with Gasteiger partial charge in [0.25, 0.3) is 5.91 Å². The van der Waals surface area contributed by atoms with Gasteiger partial charge in [0.2, 0.25) is 10.0 Å². The van der Waals surface area contributed by atoms with Crippen LogP contribution in [0.1, 0.15) is 19.4 Å². The highest BCUT2D eigenvalue weighted by molar-refractivity contribution is 7.92. The first-order valence-electron chi connectivity index (χ1n) is 9.43. The van der Waals surface area contributed by atoms with Gasteiger partial charge in [-0.3, -0.25) is 4.79 Å². The lowest BCUT2D eigenvalue weighted by Gasteiger charge is -2.08. The fraction of sp³-hybridized carbons (Fsp3) is 0.238. The average molecular weight is 492 g/mol. The Bertz CT molecular complexity index is 1510. The number of sulfonamides is 1. The molecule has 0 unspecified atom stereocenters. The van der Waals surface area contributed by atoms with E-state index in [1.165, 1.54) is 24.3 Å². The number of nitrogens with zero attached hydrogens (tertiary/aromatic N) is 2. The average Bonchev–Trinajstić information content (AvgIpc) is 3.04. The second-order valence-corrected chi connectivity index (χ2v) is 12.3. The van der Waals surface area contributed by atoms with Gasteiger partial charge in [0.1, 0.15) is 0 Å². The Morgan fingerprint density at radius 3 is 2.31 bits per heavy atom. The van der Waals surface area contributed by atoms with Crippen molar-refractivity contribution in [2.45, 2.75) is 41.9 Å². The third-order valence-corrected chi connectivity index (χ3v) is 8.80. The van der Waals surface area contributed by atoms with E-state index in [2.05, 4.69) is 10.9 Å². The van der Waals surface area contributed by atoms with Gasteiger partial charge in [-0.2, -0.15) is 4.99 Å². The molecule has 0 radical (unpaired) electrons. The Morgan fingerprint density at radius 1 is 1.12 bits per heavy atom. The highest BCUT2D eigenvalue weighted by Crippen LogP contribution is 2.21. The summed E-state index contributed by atoms with van der Waals surface area (Å²) in [5, 5.41) is 4.65. The second-order valence-electron chi connectivity index (χ2n) is 7.27. The van der Waals surface area contributed by atoms with Gasteiger partial charge in [-0.15, -0.1) is 6.42 Å². The van der Waals surface area contributed by atoms with Gasteiger partial charge in [-0.25, -0.2) is 22.0 Å². The smallest absolute Gasteiger partial charge is 0.252 e. The molecule has 0 bridgehead atoms. The molecular formula is C21H21N3O5S3. The molecule has 32 heavy (non-hydrogen) atoms. The van der Waals surface area contributed by atoms with Gasteiger partial charge in [-0.1, -0.05) is 29.4 Å². The fourth-order valence-corrected chi connectivity index (χ4v) is 5.71. The molecule has 2 aromatic carbocycles. The summed E-state index contributed by atoms with van der Waals surface area (Å²) in [6.07, 6.45) is 5.41. The molecule has 0 spiro atoms. The molecule has 8 nitrogen and oxygen atoms in total. The van der Waals surface area contributed by atoms with E-state index >= 15 is 0 Å². The molecule has 0 aliphatic heterocycles. The molecule has 0 saturated carbocycles. The maximum atomic E-state index is 12.6.